The number of pyridine rings is 1. The zero-order valence-corrected chi connectivity index (χ0v) is 19.9. The molecule has 1 amide bonds. The summed E-state index contributed by atoms with van der Waals surface area (Å²) < 4.78 is 1.87. The van der Waals surface area contributed by atoms with E-state index in [0.29, 0.717) is 12.5 Å². The molecule has 2 aromatic rings. The number of amides is 1. The van der Waals surface area contributed by atoms with Gasteiger partial charge in [0.05, 0.1) is 0 Å². The van der Waals surface area contributed by atoms with Crippen molar-refractivity contribution in [2.45, 2.75) is 89.6 Å². The van der Waals surface area contributed by atoms with Gasteiger partial charge in [0, 0.05) is 18.7 Å². The van der Waals surface area contributed by atoms with Crippen LogP contribution in [0.5, 0.6) is 0 Å². The maximum atomic E-state index is 13.6. The number of rotatable bonds is 7. The Labute approximate surface area is 201 Å². The number of carbonyl (C=O) groups is 2. The molecule has 1 aromatic carbocycles. The van der Waals surface area contributed by atoms with Crippen molar-refractivity contribution < 1.29 is 14.7 Å². The molecule has 0 spiro atoms. The summed E-state index contributed by atoms with van der Waals surface area (Å²) in [7, 11) is 0. The van der Waals surface area contributed by atoms with Gasteiger partial charge in [-0.15, -0.1) is 0 Å². The van der Waals surface area contributed by atoms with Crippen LogP contribution >= 0.6 is 0 Å². The van der Waals surface area contributed by atoms with Crippen LogP contribution in [0.15, 0.2) is 41.2 Å². The third-order valence-electron chi connectivity index (χ3n) is 7.40. The van der Waals surface area contributed by atoms with Crippen molar-refractivity contribution in [3.8, 4) is 0 Å². The molecule has 182 valence electrons. The molecule has 1 saturated carbocycles. The summed E-state index contributed by atoms with van der Waals surface area (Å²) in [4.78, 5) is 38.8. The van der Waals surface area contributed by atoms with Gasteiger partial charge in [-0.1, -0.05) is 62.4 Å². The lowest BCUT2D eigenvalue weighted by atomic mass is 9.88. The summed E-state index contributed by atoms with van der Waals surface area (Å²) in [5.41, 5.74) is 2.80. The number of hydrogen-bond donors (Lipinski definition) is 2. The largest absolute Gasteiger partial charge is 0.480 e. The number of aromatic nitrogens is 1. The molecular weight excluding hydrogens is 428 g/mol. The summed E-state index contributed by atoms with van der Waals surface area (Å²) in [5, 5.41) is 12.4. The first-order chi connectivity index (χ1) is 16.5. The number of fused-ring (bicyclic) bond motifs is 1. The van der Waals surface area contributed by atoms with Gasteiger partial charge in [-0.3, -0.25) is 9.59 Å². The maximum Gasteiger partial charge on any atom is 0.326 e. The van der Waals surface area contributed by atoms with Crippen LogP contribution in [0, 0.1) is 5.92 Å². The van der Waals surface area contributed by atoms with Crippen LogP contribution in [-0.2, 0) is 30.6 Å². The van der Waals surface area contributed by atoms with Gasteiger partial charge in [0.2, 0.25) is 0 Å². The van der Waals surface area contributed by atoms with Gasteiger partial charge < -0.3 is 15.0 Å². The number of nitrogens with one attached hydrogen (secondary N) is 1. The zero-order valence-electron chi connectivity index (χ0n) is 19.9. The number of carbonyl (C=O) groups excluding carboxylic acids is 1. The van der Waals surface area contributed by atoms with Gasteiger partial charge in [0.15, 0.2) is 0 Å². The van der Waals surface area contributed by atoms with E-state index >= 15 is 0 Å². The normalized spacial score (nSPS) is 17.8. The maximum absolute atomic E-state index is 13.6. The third-order valence-corrected chi connectivity index (χ3v) is 7.40. The van der Waals surface area contributed by atoms with E-state index in [1.54, 1.807) is 6.07 Å². The minimum atomic E-state index is -1.11. The summed E-state index contributed by atoms with van der Waals surface area (Å²) in [5.74, 6) is -1.23. The van der Waals surface area contributed by atoms with Gasteiger partial charge in [0.1, 0.15) is 11.6 Å². The molecule has 6 nitrogen and oxygen atoms in total. The highest BCUT2D eigenvalue weighted by Crippen LogP contribution is 2.27. The molecule has 0 radical (unpaired) electrons. The Kier molecular flexibility index (Phi) is 8.20. The average molecular weight is 465 g/mol. The standard InChI is InChI=1S/C28H36N2O4/c31-26(29-24(28(33)34)17-20-11-5-3-6-12-20)23-18-22-15-9-1-2-10-16-25(22)30(27(23)32)19-21-13-7-4-8-14-21/h3,5-6,11-12,18,21,24H,1-2,4,7-10,13-17,19H2,(H,29,31)(H,33,34)/t24-/m0/s1. The highest BCUT2D eigenvalue weighted by molar-refractivity contribution is 5.96. The summed E-state index contributed by atoms with van der Waals surface area (Å²) in [6.45, 7) is 0.661. The molecule has 4 rings (SSSR count). The molecule has 0 bridgehead atoms. The average Bonchev–Trinajstić information content (AvgIpc) is 2.82. The highest BCUT2D eigenvalue weighted by Gasteiger charge is 2.26. The second kappa shape index (κ2) is 11.5. The van der Waals surface area contributed by atoms with Crippen molar-refractivity contribution in [1.29, 1.82) is 0 Å². The van der Waals surface area contributed by atoms with Crippen LogP contribution < -0.4 is 10.9 Å². The molecule has 2 aliphatic carbocycles. The second-order valence-electron chi connectivity index (χ2n) is 9.92. The van der Waals surface area contributed by atoms with Gasteiger partial charge in [0.25, 0.3) is 11.5 Å². The molecule has 0 unspecified atom stereocenters. The van der Waals surface area contributed by atoms with Crippen molar-refractivity contribution >= 4 is 11.9 Å². The summed E-state index contributed by atoms with van der Waals surface area (Å²) in [6, 6.07) is 9.88. The van der Waals surface area contributed by atoms with Crippen molar-refractivity contribution in [2.75, 3.05) is 0 Å². The van der Waals surface area contributed by atoms with E-state index in [2.05, 4.69) is 5.32 Å². The first-order valence-corrected chi connectivity index (χ1v) is 12.9. The SMILES string of the molecule is O=C(N[C@@H](Cc1ccccc1)C(=O)O)c1cc2c(n(CC3CCCCC3)c1=O)CCCCCC2. The fraction of sp³-hybridized carbons (Fsp3) is 0.536. The lowest BCUT2D eigenvalue weighted by molar-refractivity contribution is -0.139. The molecule has 34 heavy (non-hydrogen) atoms. The lowest BCUT2D eigenvalue weighted by Gasteiger charge is -2.27. The molecule has 2 N–H and O–H groups in total. The minimum Gasteiger partial charge on any atom is -0.480 e. The van der Waals surface area contributed by atoms with Gasteiger partial charge >= 0.3 is 5.97 Å². The van der Waals surface area contributed by atoms with Crippen molar-refractivity contribution in [2.24, 2.45) is 5.92 Å². The molecule has 1 atom stereocenters. The minimum absolute atomic E-state index is 0.0782. The Morgan fingerprint density at radius 3 is 2.35 bits per heavy atom. The quantitative estimate of drug-likeness (QED) is 0.631. The monoisotopic (exact) mass is 464 g/mol. The third kappa shape index (κ3) is 5.96. The Hall–Kier alpha value is -2.89. The van der Waals surface area contributed by atoms with Crippen molar-refractivity contribution in [3.63, 3.8) is 0 Å². The molecule has 6 heteroatoms. The van der Waals surface area contributed by atoms with Crippen molar-refractivity contribution in [1.82, 2.24) is 9.88 Å². The predicted molar refractivity (Wildman–Crippen MR) is 132 cm³/mol. The molecule has 1 heterocycles. The molecule has 0 saturated heterocycles. The number of nitrogens with zero attached hydrogens (tertiary/aromatic N) is 1. The number of carboxylic acids is 1. The first kappa shape index (κ1) is 24.2. The van der Waals surface area contributed by atoms with Gasteiger partial charge in [-0.05, 0) is 61.6 Å². The first-order valence-electron chi connectivity index (χ1n) is 12.9. The van der Waals surface area contributed by atoms with Crippen LogP contribution in [0.2, 0.25) is 0 Å². The molecular formula is C28H36N2O4. The van der Waals surface area contributed by atoms with E-state index < -0.39 is 17.9 Å². The van der Waals surface area contributed by atoms with Gasteiger partial charge in [-0.25, -0.2) is 4.79 Å². The molecule has 2 aliphatic rings. The topological polar surface area (TPSA) is 88.4 Å². The van der Waals surface area contributed by atoms with Gasteiger partial charge in [-0.2, -0.15) is 0 Å². The van der Waals surface area contributed by atoms with E-state index in [1.807, 2.05) is 34.9 Å². The van der Waals surface area contributed by atoms with Crippen molar-refractivity contribution in [3.05, 3.63) is 69.1 Å². The molecule has 1 fully saturated rings. The number of aryl methyl sites for hydroxylation is 1. The van der Waals surface area contributed by atoms with E-state index in [1.165, 1.54) is 25.7 Å². The fourth-order valence-electron chi connectivity index (χ4n) is 5.50. The van der Waals surface area contributed by atoms with E-state index in [9.17, 15) is 19.5 Å². The summed E-state index contributed by atoms with van der Waals surface area (Å²) >= 11 is 0. The number of benzene rings is 1. The number of hydrogen-bond acceptors (Lipinski definition) is 3. The second-order valence-corrected chi connectivity index (χ2v) is 9.92. The van der Waals surface area contributed by atoms with Crippen LogP contribution in [0.25, 0.3) is 0 Å². The van der Waals surface area contributed by atoms with Crippen LogP contribution in [-0.4, -0.2) is 27.6 Å². The lowest BCUT2D eigenvalue weighted by Crippen LogP contribution is -2.45. The van der Waals surface area contributed by atoms with E-state index in [-0.39, 0.29) is 17.5 Å². The fourth-order valence-corrected chi connectivity index (χ4v) is 5.50. The molecule has 1 aromatic heterocycles. The van der Waals surface area contributed by atoms with E-state index in [0.717, 1.165) is 61.8 Å². The van der Waals surface area contributed by atoms with E-state index in [4.69, 9.17) is 0 Å². The summed E-state index contributed by atoms with van der Waals surface area (Å²) in [6.07, 6.45) is 12.2. The number of aliphatic carboxylic acids is 1. The zero-order chi connectivity index (χ0) is 23.9. The Bertz CT molecular complexity index is 1050. The Morgan fingerprint density at radius 1 is 0.971 bits per heavy atom. The predicted octanol–water partition coefficient (Wildman–Crippen LogP) is 4.51. The smallest absolute Gasteiger partial charge is 0.326 e. The van der Waals surface area contributed by atoms with Crippen LogP contribution in [0.1, 0.15) is 85.0 Å². The van der Waals surface area contributed by atoms with Crippen LogP contribution in [0.4, 0.5) is 0 Å². The number of carboxylic acid groups (broad SMARTS) is 1. The molecule has 0 aliphatic heterocycles. The van der Waals surface area contributed by atoms with Crippen LogP contribution in [0.3, 0.4) is 0 Å². The Morgan fingerprint density at radius 2 is 1.65 bits per heavy atom. The highest BCUT2D eigenvalue weighted by atomic mass is 16.4. The Balaban J connectivity index is 1.64.